The molecule has 3 aliphatic rings. The number of carbonyl (C=O) groups excluding carboxylic acids is 1. The lowest BCUT2D eigenvalue weighted by Gasteiger charge is -2.44. The monoisotopic (exact) mass is 347 g/mol. The summed E-state index contributed by atoms with van der Waals surface area (Å²) in [5.41, 5.74) is 0.518. The zero-order valence-corrected chi connectivity index (χ0v) is 13.7. The van der Waals surface area contributed by atoms with E-state index in [1.165, 1.54) is 25.9 Å². The van der Waals surface area contributed by atoms with Crippen LogP contribution in [0.4, 0.5) is 0 Å². The van der Waals surface area contributed by atoms with E-state index in [9.17, 15) is 14.4 Å². The molecule has 3 aliphatic heterocycles. The molecule has 25 heavy (non-hydrogen) atoms. The van der Waals surface area contributed by atoms with E-state index in [4.69, 9.17) is 10.2 Å². The second kappa shape index (κ2) is 8.93. The highest BCUT2D eigenvalue weighted by Gasteiger charge is 2.34. The summed E-state index contributed by atoms with van der Waals surface area (Å²) in [6, 6.07) is 5.74. The van der Waals surface area contributed by atoms with Gasteiger partial charge in [0.05, 0.1) is 0 Å². The van der Waals surface area contributed by atoms with Crippen LogP contribution in [-0.4, -0.2) is 63.6 Å². The van der Waals surface area contributed by atoms with Gasteiger partial charge in [-0.15, -0.1) is 0 Å². The Morgan fingerprint density at radius 1 is 1.12 bits per heavy atom. The van der Waals surface area contributed by atoms with Crippen molar-refractivity contribution in [2.45, 2.75) is 18.9 Å². The van der Waals surface area contributed by atoms with Gasteiger partial charge in [-0.25, -0.2) is 9.59 Å². The van der Waals surface area contributed by atoms with Crippen LogP contribution in [0.1, 0.15) is 23.3 Å². The Hall–Kier alpha value is -2.74. The zero-order valence-electron chi connectivity index (χ0n) is 13.7. The number of nitrogens with zero attached hydrogens (tertiary/aromatic N) is 2. The largest absolute Gasteiger partial charge is 0.478 e. The molecule has 3 saturated heterocycles. The fraction of sp³-hybridized carbons (Fsp3) is 0.412. The second-order valence-corrected chi connectivity index (χ2v) is 5.94. The number of rotatable bonds is 4. The van der Waals surface area contributed by atoms with Gasteiger partial charge in [0.15, 0.2) is 0 Å². The minimum atomic E-state index is -1.26. The maximum atomic E-state index is 12.0. The molecule has 2 bridgehead atoms. The van der Waals surface area contributed by atoms with Gasteiger partial charge < -0.3 is 20.4 Å². The van der Waals surface area contributed by atoms with E-state index in [0.717, 1.165) is 6.54 Å². The standard InChI is InChI=1S/C13H17N3O.C4H4O4/c17-13(11-3-1-2-6-14-11)15-12-9-16-7-4-10(12)5-8-16;5-3(6)1-2-4(7)8/h1-3,6,10,12H,4-5,7-9H2,(H,15,17);1-2H,(H,5,6)(H,7,8)/b;2-1+. The van der Waals surface area contributed by atoms with E-state index < -0.39 is 11.9 Å². The maximum absolute atomic E-state index is 12.0. The average molecular weight is 347 g/mol. The van der Waals surface area contributed by atoms with Gasteiger partial charge in [-0.3, -0.25) is 9.78 Å². The number of aliphatic carboxylic acids is 2. The van der Waals surface area contributed by atoms with Crippen LogP contribution in [0.3, 0.4) is 0 Å². The summed E-state index contributed by atoms with van der Waals surface area (Å²) in [6.07, 6.45) is 5.20. The second-order valence-electron chi connectivity index (χ2n) is 5.94. The summed E-state index contributed by atoms with van der Waals surface area (Å²) in [5.74, 6) is -1.89. The van der Waals surface area contributed by atoms with Crippen LogP contribution in [0, 0.1) is 5.92 Å². The number of amides is 1. The summed E-state index contributed by atoms with van der Waals surface area (Å²) in [4.78, 5) is 37.6. The van der Waals surface area contributed by atoms with Crippen molar-refractivity contribution in [2.24, 2.45) is 5.92 Å². The predicted molar refractivity (Wildman–Crippen MR) is 89.1 cm³/mol. The number of fused-ring (bicyclic) bond motifs is 3. The van der Waals surface area contributed by atoms with E-state index in [0.29, 0.717) is 29.8 Å². The van der Waals surface area contributed by atoms with Crippen LogP contribution < -0.4 is 5.32 Å². The number of piperidine rings is 3. The molecule has 0 radical (unpaired) electrons. The maximum Gasteiger partial charge on any atom is 0.328 e. The van der Waals surface area contributed by atoms with Gasteiger partial charge in [-0.1, -0.05) is 6.07 Å². The molecule has 4 rings (SSSR count). The van der Waals surface area contributed by atoms with Crippen LogP contribution >= 0.6 is 0 Å². The normalized spacial score (nSPS) is 24.2. The first kappa shape index (κ1) is 18.6. The summed E-state index contributed by atoms with van der Waals surface area (Å²) >= 11 is 0. The molecule has 0 aliphatic carbocycles. The molecule has 0 aromatic carbocycles. The Morgan fingerprint density at radius 2 is 1.76 bits per heavy atom. The highest BCUT2D eigenvalue weighted by Crippen LogP contribution is 2.27. The fourth-order valence-electron chi connectivity index (χ4n) is 3.01. The van der Waals surface area contributed by atoms with E-state index >= 15 is 0 Å². The first-order chi connectivity index (χ1) is 12.0. The van der Waals surface area contributed by atoms with Gasteiger partial charge in [0.25, 0.3) is 5.91 Å². The Bertz CT molecular complexity index is 623. The highest BCUT2D eigenvalue weighted by molar-refractivity contribution is 5.92. The van der Waals surface area contributed by atoms with Gasteiger partial charge in [-0.2, -0.15) is 0 Å². The first-order valence-corrected chi connectivity index (χ1v) is 8.04. The van der Waals surface area contributed by atoms with E-state index in [1.807, 2.05) is 12.1 Å². The number of aromatic nitrogens is 1. The lowest BCUT2D eigenvalue weighted by molar-refractivity contribution is -0.134. The molecular formula is C17H21N3O5. The molecular weight excluding hydrogens is 326 g/mol. The number of carboxylic acids is 2. The average Bonchev–Trinajstić information content (AvgIpc) is 2.62. The summed E-state index contributed by atoms with van der Waals surface area (Å²) in [7, 11) is 0. The zero-order chi connectivity index (χ0) is 18.2. The molecule has 1 unspecified atom stereocenters. The number of carbonyl (C=O) groups is 3. The third-order valence-electron chi connectivity index (χ3n) is 4.24. The van der Waals surface area contributed by atoms with Crippen molar-refractivity contribution in [3.63, 3.8) is 0 Å². The van der Waals surface area contributed by atoms with Crippen molar-refractivity contribution in [3.05, 3.63) is 42.2 Å². The molecule has 8 heteroatoms. The topological polar surface area (TPSA) is 120 Å². The lowest BCUT2D eigenvalue weighted by atomic mass is 9.84. The third-order valence-corrected chi connectivity index (χ3v) is 4.24. The molecule has 1 aromatic rings. The van der Waals surface area contributed by atoms with E-state index in [-0.39, 0.29) is 5.91 Å². The lowest BCUT2D eigenvalue weighted by Crippen LogP contribution is -2.57. The molecule has 1 atom stereocenters. The molecule has 0 saturated carbocycles. The Balaban J connectivity index is 0.000000242. The quantitative estimate of drug-likeness (QED) is 0.683. The molecule has 0 spiro atoms. The van der Waals surface area contributed by atoms with E-state index in [1.54, 1.807) is 12.3 Å². The van der Waals surface area contributed by atoms with Crippen molar-refractivity contribution >= 4 is 17.8 Å². The summed E-state index contributed by atoms with van der Waals surface area (Å²) < 4.78 is 0. The number of nitrogens with one attached hydrogen (secondary N) is 1. The van der Waals surface area contributed by atoms with Crippen molar-refractivity contribution < 1.29 is 24.6 Å². The fourth-order valence-corrected chi connectivity index (χ4v) is 3.01. The van der Waals surface area contributed by atoms with Gasteiger partial charge in [0.2, 0.25) is 0 Å². The summed E-state index contributed by atoms with van der Waals surface area (Å²) in [5, 5.41) is 18.7. The van der Waals surface area contributed by atoms with Crippen LogP contribution in [0.25, 0.3) is 0 Å². The van der Waals surface area contributed by atoms with E-state index in [2.05, 4.69) is 15.2 Å². The van der Waals surface area contributed by atoms with Gasteiger partial charge >= 0.3 is 11.9 Å². The smallest absolute Gasteiger partial charge is 0.328 e. The molecule has 1 amide bonds. The molecule has 134 valence electrons. The van der Waals surface area contributed by atoms with Gasteiger partial charge in [0, 0.05) is 30.9 Å². The van der Waals surface area contributed by atoms with Crippen molar-refractivity contribution in [1.82, 2.24) is 15.2 Å². The summed E-state index contributed by atoms with van der Waals surface area (Å²) in [6.45, 7) is 3.39. The third kappa shape index (κ3) is 6.00. The molecule has 8 nitrogen and oxygen atoms in total. The molecule has 4 heterocycles. The Labute approximate surface area is 145 Å². The van der Waals surface area contributed by atoms with Crippen molar-refractivity contribution in [2.75, 3.05) is 19.6 Å². The van der Waals surface area contributed by atoms with Crippen LogP contribution in [0.5, 0.6) is 0 Å². The van der Waals surface area contributed by atoms with Crippen molar-refractivity contribution in [1.29, 1.82) is 0 Å². The van der Waals surface area contributed by atoms with Crippen LogP contribution in [0.2, 0.25) is 0 Å². The minimum absolute atomic E-state index is 0.0376. The number of hydrogen-bond acceptors (Lipinski definition) is 5. The van der Waals surface area contributed by atoms with Gasteiger partial charge in [-0.05, 0) is 44.0 Å². The number of hydrogen-bond donors (Lipinski definition) is 3. The van der Waals surface area contributed by atoms with Gasteiger partial charge in [0.1, 0.15) is 5.69 Å². The highest BCUT2D eigenvalue weighted by atomic mass is 16.4. The Kier molecular flexibility index (Phi) is 6.64. The number of carboxylic acid groups (broad SMARTS) is 2. The molecule has 3 N–H and O–H groups in total. The SMILES string of the molecule is O=C(NC1CN2CCC1CC2)c1ccccn1.O=C(O)/C=C/C(=O)O. The Morgan fingerprint density at radius 3 is 2.20 bits per heavy atom. The van der Waals surface area contributed by atoms with Crippen LogP contribution in [-0.2, 0) is 9.59 Å². The first-order valence-electron chi connectivity index (χ1n) is 8.04. The predicted octanol–water partition coefficient (Wildman–Crippen LogP) is 0.617. The molecule has 1 aromatic heterocycles. The molecule has 3 fully saturated rings. The minimum Gasteiger partial charge on any atom is -0.478 e. The van der Waals surface area contributed by atoms with Crippen molar-refractivity contribution in [3.8, 4) is 0 Å². The number of pyridine rings is 1. The van der Waals surface area contributed by atoms with Crippen LogP contribution in [0.15, 0.2) is 36.5 Å².